The van der Waals surface area contributed by atoms with Crippen LogP contribution in [0.4, 0.5) is 0 Å². The topological polar surface area (TPSA) is 42.7 Å². The molecule has 1 aromatic heterocycles. The summed E-state index contributed by atoms with van der Waals surface area (Å²) < 4.78 is 2.22. The summed E-state index contributed by atoms with van der Waals surface area (Å²) in [6.07, 6.45) is 3.51. The minimum atomic E-state index is 0.0806. The van der Waals surface area contributed by atoms with Crippen LogP contribution < -0.4 is 5.32 Å². The van der Waals surface area contributed by atoms with Gasteiger partial charge in [0.25, 0.3) is 0 Å². The predicted molar refractivity (Wildman–Crippen MR) is 59.6 cm³/mol. The van der Waals surface area contributed by atoms with Crippen molar-refractivity contribution in [2.24, 2.45) is 0 Å². The maximum absolute atomic E-state index is 4.36. The molecule has 84 valence electrons. The second-order valence-corrected chi connectivity index (χ2v) is 4.28. The molecule has 2 rings (SSSR count). The minimum absolute atomic E-state index is 0.0806. The van der Waals surface area contributed by atoms with E-state index in [-0.39, 0.29) is 5.54 Å². The summed E-state index contributed by atoms with van der Waals surface area (Å²) in [5, 5.41) is 12.2. The second kappa shape index (κ2) is 3.93. The Kier molecular flexibility index (Phi) is 2.78. The lowest BCUT2D eigenvalue weighted by Crippen LogP contribution is -2.39. The van der Waals surface area contributed by atoms with Gasteiger partial charge in [-0.1, -0.05) is 6.92 Å². The third-order valence-electron chi connectivity index (χ3n) is 3.53. The zero-order chi connectivity index (χ0) is 10.9. The monoisotopic (exact) mass is 208 g/mol. The molecular weight excluding hydrogens is 188 g/mol. The lowest BCUT2D eigenvalue weighted by molar-refractivity contribution is 0.337. The standard InChI is InChI=1S/C11H20N4/c1-4-11(7-6-8-12-11)10-14-13-9(3)15(10)5-2/h12H,4-8H2,1-3H3. The highest BCUT2D eigenvalue weighted by Gasteiger charge is 2.38. The molecule has 1 aliphatic heterocycles. The number of hydrogen-bond acceptors (Lipinski definition) is 3. The Bertz CT molecular complexity index is 336. The van der Waals surface area contributed by atoms with Gasteiger partial charge in [0.1, 0.15) is 5.82 Å². The molecule has 1 atom stereocenters. The average molecular weight is 208 g/mol. The van der Waals surface area contributed by atoms with Gasteiger partial charge in [-0.05, 0) is 39.7 Å². The number of nitrogens with one attached hydrogen (secondary N) is 1. The van der Waals surface area contributed by atoms with E-state index in [4.69, 9.17) is 0 Å². The van der Waals surface area contributed by atoms with Crippen LogP contribution in [0.1, 0.15) is 44.8 Å². The number of nitrogens with zero attached hydrogens (tertiary/aromatic N) is 3. The van der Waals surface area contributed by atoms with Crippen molar-refractivity contribution in [3.05, 3.63) is 11.6 Å². The van der Waals surface area contributed by atoms with E-state index in [2.05, 4.69) is 33.9 Å². The van der Waals surface area contributed by atoms with Crippen molar-refractivity contribution < 1.29 is 0 Å². The maximum Gasteiger partial charge on any atom is 0.153 e. The number of hydrogen-bond donors (Lipinski definition) is 1. The summed E-state index contributed by atoms with van der Waals surface area (Å²) in [6.45, 7) is 8.46. The van der Waals surface area contributed by atoms with Gasteiger partial charge < -0.3 is 9.88 Å². The Morgan fingerprint density at radius 2 is 2.20 bits per heavy atom. The van der Waals surface area contributed by atoms with Crippen LogP contribution >= 0.6 is 0 Å². The first-order valence-electron chi connectivity index (χ1n) is 5.89. The van der Waals surface area contributed by atoms with Crippen LogP contribution in [0, 0.1) is 6.92 Å². The molecule has 4 heteroatoms. The maximum atomic E-state index is 4.36. The highest BCUT2D eigenvalue weighted by molar-refractivity contribution is 5.11. The van der Waals surface area contributed by atoms with E-state index in [0.29, 0.717) is 0 Å². The quantitative estimate of drug-likeness (QED) is 0.820. The van der Waals surface area contributed by atoms with Crippen LogP contribution in [0.25, 0.3) is 0 Å². The van der Waals surface area contributed by atoms with Gasteiger partial charge in [0, 0.05) is 6.54 Å². The summed E-state index contributed by atoms with van der Waals surface area (Å²) >= 11 is 0. The van der Waals surface area contributed by atoms with Crippen LogP contribution in [0.3, 0.4) is 0 Å². The van der Waals surface area contributed by atoms with E-state index in [1.807, 2.05) is 6.92 Å². The Morgan fingerprint density at radius 3 is 2.73 bits per heavy atom. The van der Waals surface area contributed by atoms with Gasteiger partial charge in [-0.15, -0.1) is 10.2 Å². The molecule has 2 heterocycles. The fraction of sp³-hybridized carbons (Fsp3) is 0.818. The van der Waals surface area contributed by atoms with Crippen LogP contribution in [-0.4, -0.2) is 21.3 Å². The van der Waals surface area contributed by atoms with E-state index in [1.54, 1.807) is 0 Å². The van der Waals surface area contributed by atoms with Crippen LogP contribution in [-0.2, 0) is 12.1 Å². The smallest absolute Gasteiger partial charge is 0.153 e. The van der Waals surface area contributed by atoms with Crippen LogP contribution in [0.15, 0.2) is 0 Å². The van der Waals surface area contributed by atoms with E-state index in [9.17, 15) is 0 Å². The highest BCUT2D eigenvalue weighted by Crippen LogP contribution is 2.32. The molecule has 0 spiro atoms. The molecule has 1 fully saturated rings. The largest absolute Gasteiger partial charge is 0.314 e. The fourth-order valence-electron chi connectivity index (χ4n) is 2.57. The molecule has 0 bridgehead atoms. The molecule has 1 N–H and O–H groups in total. The van der Waals surface area contributed by atoms with Gasteiger partial charge in [0.15, 0.2) is 5.82 Å². The molecule has 1 unspecified atom stereocenters. The van der Waals surface area contributed by atoms with Gasteiger partial charge in [-0.25, -0.2) is 0 Å². The molecule has 0 aliphatic carbocycles. The number of rotatable bonds is 3. The third-order valence-corrected chi connectivity index (χ3v) is 3.53. The third kappa shape index (κ3) is 1.57. The summed E-state index contributed by atoms with van der Waals surface area (Å²) in [4.78, 5) is 0. The lowest BCUT2D eigenvalue weighted by atomic mass is 9.93. The second-order valence-electron chi connectivity index (χ2n) is 4.28. The zero-order valence-electron chi connectivity index (χ0n) is 9.88. The highest BCUT2D eigenvalue weighted by atomic mass is 15.3. The molecular formula is C11H20N4. The minimum Gasteiger partial charge on any atom is -0.314 e. The van der Waals surface area contributed by atoms with Crippen molar-refractivity contribution in [3.8, 4) is 0 Å². The SMILES string of the molecule is CCn1c(C)nnc1C1(CC)CCCN1. The van der Waals surface area contributed by atoms with E-state index < -0.39 is 0 Å². The Labute approximate surface area is 91.1 Å². The van der Waals surface area contributed by atoms with Gasteiger partial charge in [-0.2, -0.15) is 0 Å². The summed E-state index contributed by atoms with van der Waals surface area (Å²) in [5.74, 6) is 2.15. The Hall–Kier alpha value is -0.900. The molecule has 0 saturated carbocycles. The fourth-order valence-corrected chi connectivity index (χ4v) is 2.57. The van der Waals surface area contributed by atoms with Gasteiger partial charge in [0.05, 0.1) is 5.54 Å². The van der Waals surface area contributed by atoms with E-state index in [1.165, 1.54) is 12.8 Å². The number of aryl methyl sites for hydroxylation is 1. The molecule has 0 aromatic carbocycles. The van der Waals surface area contributed by atoms with Crippen molar-refractivity contribution >= 4 is 0 Å². The average Bonchev–Trinajstić information content (AvgIpc) is 2.84. The van der Waals surface area contributed by atoms with Gasteiger partial charge >= 0.3 is 0 Å². The van der Waals surface area contributed by atoms with Crippen molar-refractivity contribution in [2.45, 2.75) is 52.1 Å². The first-order chi connectivity index (χ1) is 7.23. The molecule has 1 saturated heterocycles. The molecule has 0 amide bonds. The normalized spacial score (nSPS) is 26.1. The van der Waals surface area contributed by atoms with E-state index in [0.717, 1.165) is 31.2 Å². The molecule has 0 radical (unpaired) electrons. The molecule has 1 aromatic rings. The Balaban J connectivity index is 2.42. The summed E-state index contributed by atoms with van der Waals surface area (Å²) in [7, 11) is 0. The van der Waals surface area contributed by atoms with Crippen molar-refractivity contribution in [1.82, 2.24) is 20.1 Å². The predicted octanol–water partition coefficient (Wildman–Crippen LogP) is 1.60. The van der Waals surface area contributed by atoms with Crippen molar-refractivity contribution in [3.63, 3.8) is 0 Å². The summed E-state index contributed by atoms with van der Waals surface area (Å²) in [5.41, 5.74) is 0.0806. The first-order valence-corrected chi connectivity index (χ1v) is 5.89. The van der Waals surface area contributed by atoms with Gasteiger partial charge in [-0.3, -0.25) is 0 Å². The van der Waals surface area contributed by atoms with Crippen molar-refractivity contribution in [2.75, 3.05) is 6.54 Å². The summed E-state index contributed by atoms with van der Waals surface area (Å²) in [6, 6.07) is 0. The van der Waals surface area contributed by atoms with Crippen LogP contribution in [0.5, 0.6) is 0 Å². The zero-order valence-corrected chi connectivity index (χ0v) is 9.88. The van der Waals surface area contributed by atoms with Gasteiger partial charge in [0.2, 0.25) is 0 Å². The van der Waals surface area contributed by atoms with Crippen LogP contribution in [0.2, 0.25) is 0 Å². The molecule has 4 nitrogen and oxygen atoms in total. The van der Waals surface area contributed by atoms with Crippen molar-refractivity contribution in [1.29, 1.82) is 0 Å². The molecule has 15 heavy (non-hydrogen) atoms. The Morgan fingerprint density at radius 1 is 1.40 bits per heavy atom. The lowest BCUT2D eigenvalue weighted by Gasteiger charge is -2.27. The van der Waals surface area contributed by atoms with E-state index >= 15 is 0 Å². The first kappa shape index (κ1) is 10.6. The number of aromatic nitrogens is 3. The molecule has 1 aliphatic rings.